The summed E-state index contributed by atoms with van der Waals surface area (Å²) in [6.45, 7) is 1.88. The molecule has 5 nitrogen and oxygen atoms in total. The molecule has 1 fully saturated rings. The number of nitrogens with zero attached hydrogens (tertiary/aromatic N) is 3. The average molecular weight is 391 g/mol. The molecule has 2 aliphatic rings. The Morgan fingerprint density at radius 2 is 2.04 bits per heavy atom. The minimum atomic E-state index is 0.00679. The zero-order chi connectivity index (χ0) is 18.9. The smallest absolute Gasteiger partial charge is 0.255 e. The average Bonchev–Trinajstić information content (AvgIpc) is 3.39. The molecule has 5 rings (SSSR count). The molecule has 1 unspecified atom stereocenters. The Hall–Kier alpha value is -2.44. The number of likely N-dealkylation sites (tertiary alicyclic amines) is 1. The molecule has 6 heteroatoms. The van der Waals surface area contributed by atoms with Crippen molar-refractivity contribution in [2.75, 3.05) is 6.54 Å². The van der Waals surface area contributed by atoms with E-state index in [1.165, 1.54) is 12.0 Å². The quantitative estimate of drug-likeness (QED) is 0.732. The second-order valence-electron chi connectivity index (χ2n) is 7.37. The zero-order valence-corrected chi connectivity index (χ0v) is 16.4. The number of benzene rings is 1. The highest BCUT2D eigenvalue weighted by molar-refractivity contribution is 7.98. The summed E-state index contributed by atoms with van der Waals surface area (Å²) >= 11 is 1.75. The van der Waals surface area contributed by atoms with E-state index >= 15 is 0 Å². The number of pyridine rings is 1. The lowest BCUT2D eigenvalue weighted by Crippen LogP contribution is -2.24. The van der Waals surface area contributed by atoms with Gasteiger partial charge in [-0.3, -0.25) is 14.7 Å². The van der Waals surface area contributed by atoms with Crippen LogP contribution in [0.2, 0.25) is 0 Å². The second kappa shape index (κ2) is 7.53. The standard InChI is InChI=1S/C22H22N4OS/c27-22-17-13-28-14-19(17)24-21(25-22)16-7-2-1-6-15(16)12-26-11-5-9-20(26)18-8-3-4-10-23-18/h1-4,6-8,10,20H,5,9,11-14H2,(H,24,25,27). The van der Waals surface area contributed by atoms with Crippen LogP contribution in [0.5, 0.6) is 0 Å². The molecule has 1 atom stereocenters. The Morgan fingerprint density at radius 1 is 1.14 bits per heavy atom. The molecule has 142 valence electrons. The highest BCUT2D eigenvalue weighted by atomic mass is 32.2. The van der Waals surface area contributed by atoms with Gasteiger partial charge >= 0.3 is 0 Å². The number of nitrogens with one attached hydrogen (secondary N) is 1. The van der Waals surface area contributed by atoms with E-state index in [2.05, 4.69) is 45.2 Å². The third-order valence-electron chi connectivity index (χ3n) is 5.63. The van der Waals surface area contributed by atoms with Gasteiger partial charge in [0.05, 0.1) is 17.4 Å². The number of aromatic nitrogens is 3. The van der Waals surface area contributed by atoms with E-state index in [1.807, 2.05) is 18.3 Å². The molecule has 28 heavy (non-hydrogen) atoms. The predicted octanol–water partition coefficient (Wildman–Crippen LogP) is 3.92. The van der Waals surface area contributed by atoms with E-state index in [-0.39, 0.29) is 5.56 Å². The predicted molar refractivity (Wildman–Crippen MR) is 112 cm³/mol. The number of hydrogen-bond donors (Lipinski definition) is 1. The molecule has 1 N–H and O–H groups in total. The van der Waals surface area contributed by atoms with E-state index in [9.17, 15) is 4.79 Å². The van der Waals surface area contributed by atoms with Crippen LogP contribution < -0.4 is 5.56 Å². The van der Waals surface area contributed by atoms with Crippen molar-refractivity contribution in [1.82, 2.24) is 19.9 Å². The largest absolute Gasteiger partial charge is 0.306 e. The van der Waals surface area contributed by atoms with Gasteiger partial charge in [0.25, 0.3) is 5.56 Å². The third kappa shape index (κ3) is 3.27. The summed E-state index contributed by atoms with van der Waals surface area (Å²) in [6, 6.07) is 14.8. The molecule has 0 spiro atoms. The molecule has 0 radical (unpaired) electrons. The number of fused-ring (bicyclic) bond motifs is 1. The Morgan fingerprint density at radius 3 is 2.93 bits per heavy atom. The van der Waals surface area contributed by atoms with E-state index in [4.69, 9.17) is 4.98 Å². The Kier molecular flexibility index (Phi) is 4.74. The molecular weight excluding hydrogens is 368 g/mol. The van der Waals surface area contributed by atoms with E-state index in [1.54, 1.807) is 11.8 Å². The molecule has 2 aromatic heterocycles. The summed E-state index contributed by atoms with van der Waals surface area (Å²) in [5, 5.41) is 0. The first-order valence-electron chi connectivity index (χ1n) is 9.72. The van der Waals surface area contributed by atoms with Crippen molar-refractivity contribution in [3.05, 3.63) is 81.5 Å². The molecule has 1 aromatic carbocycles. The van der Waals surface area contributed by atoms with Crippen molar-refractivity contribution in [1.29, 1.82) is 0 Å². The van der Waals surface area contributed by atoms with Crippen LogP contribution in [-0.2, 0) is 18.1 Å². The van der Waals surface area contributed by atoms with Gasteiger partial charge in [-0.25, -0.2) is 4.98 Å². The molecule has 3 aromatic rings. The van der Waals surface area contributed by atoms with Crippen LogP contribution in [0, 0.1) is 0 Å². The first kappa shape index (κ1) is 17.6. The van der Waals surface area contributed by atoms with Crippen LogP contribution in [0.1, 0.15) is 41.4 Å². The SMILES string of the molecule is O=c1[nH]c(-c2ccccc2CN2CCCC2c2ccccn2)nc2c1CSC2. The van der Waals surface area contributed by atoms with Gasteiger partial charge in [0, 0.05) is 35.4 Å². The zero-order valence-electron chi connectivity index (χ0n) is 15.6. The summed E-state index contributed by atoms with van der Waals surface area (Å²) in [4.78, 5) is 27.4. The van der Waals surface area contributed by atoms with Gasteiger partial charge in [0.15, 0.2) is 0 Å². The lowest BCUT2D eigenvalue weighted by Gasteiger charge is -2.25. The number of hydrogen-bond acceptors (Lipinski definition) is 5. The topological polar surface area (TPSA) is 61.9 Å². The van der Waals surface area contributed by atoms with Crippen molar-refractivity contribution < 1.29 is 0 Å². The molecule has 0 aliphatic carbocycles. The van der Waals surface area contributed by atoms with E-state index < -0.39 is 0 Å². The number of H-pyrrole nitrogens is 1. The van der Waals surface area contributed by atoms with Gasteiger partial charge in [-0.1, -0.05) is 30.3 Å². The van der Waals surface area contributed by atoms with Gasteiger partial charge in [0.1, 0.15) is 5.82 Å². The monoisotopic (exact) mass is 390 g/mol. The van der Waals surface area contributed by atoms with E-state index in [0.717, 1.165) is 53.5 Å². The number of thioether (sulfide) groups is 1. The molecule has 2 aliphatic heterocycles. The molecule has 0 amide bonds. The fourth-order valence-electron chi connectivity index (χ4n) is 4.22. The Balaban J connectivity index is 1.48. The van der Waals surface area contributed by atoms with Crippen LogP contribution in [0.25, 0.3) is 11.4 Å². The fraction of sp³-hybridized carbons (Fsp3) is 0.318. The fourth-order valence-corrected chi connectivity index (χ4v) is 5.26. The highest BCUT2D eigenvalue weighted by Crippen LogP contribution is 2.34. The molecule has 0 saturated carbocycles. The minimum Gasteiger partial charge on any atom is -0.306 e. The first-order valence-corrected chi connectivity index (χ1v) is 10.9. The second-order valence-corrected chi connectivity index (χ2v) is 8.36. The van der Waals surface area contributed by atoms with Crippen LogP contribution in [0.15, 0.2) is 53.5 Å². The van der Waals surface area contributed by atoms with Gasteiger partial charge in [-0.05, 0) is 37.1 Å². The summed E-state index contributed by atoms with van der Waals surface area (Å²) < 4.78 is 0. The van der Waals surface area contributed by atoms with Crippen molar-refractivity contribution in [3.63, 3.8) is 0 Å². The Labute approximate surface area is 168 Å². The van der Waals surface area contributed by atoms with Crippen molar-refractivity contribution >= 4 is 11.8 Å². The lowest BCUT2D eigenvalue weighted by molar-refractivity contribution is 0.244. The van der Waals surface area contributed by atoms with Gasteiger partial charge in [0.2, 0.25) is 0 Å². The maximum atomic E-state index is 12.5. The van der Waals surface area contributed by atoms with Crippen molar-refractivity contribution in [2.24, 2.45) is 0 Å². The van der Waals surface area contributed by atoms with Crippen LogP contribution >= 0.6 is 11.8 Å². The Bertz CT molecular complexity index is 1050. The maximum absolute atomic E-state index is 12.5. The normalized spacial score (nSPS) is 19.1. The molecule has 4 heterocycles. The third-order valence-corrected chi connectivity index (χ3v) is 6.60. The number of aromatic amines is 1. The summed E-state index contributed by atoms with van der Waals surface area (Å²) in [5.74, 6) is 2.27. The van der Waals surface area contributed by atoms with Crippen LogP contribution in [0.4, 0.5) is 0 Å². The van der Waals surface area contributed by atoms with Gasteiger partial charge in [-0.15, -0.1) is 0 Å². The maximum Gasteiger partial charge on any atom is 0.255 e. The molecular formula is C22H22N4OS. The summed E-state index contributed by atoms with van der Waals surface area (Å²) in [7, 11) is 0. The van der Waals surface area contributed by atoms with E-state index in [0.29, 0.717) is 11.9 Å². The minimum absolute atomic E-state index is 0.00679. The summed E-state index contributed by atoms with van der Waals surface area (Å²) in [6.07, 6.45) is 4.18. The summed E-state index contributed by atoms with van der Waals surface area (Å²) in [5.41, 5.74) is 5.13. The van der Waals surface area contributed by atoms with Gasteiger partial charge in [-0.2, -0.15) is 11.8 Å². The molecule has 0 bridgehead atoms. The van der Waals surface area contributed by atoms with Crippen LogP contribution in [0.3, 0.4) is 0 Å². The van der Waals surface area contributed by atoms with Gasteiger partial charge < -0.3 is 4.98 Å². The molecule has 1 saturated heterocycles. The van der Waals surface area contributed by atoms with Crippen molar-refractivity contribution in [3.8, 4) is 11.4 Å². The van der Waals surface area contributed by atoms with Crippen LogP contribution in [-0.4, -0.2) is 26.4 Å². The number of rotatable bonds is 4. The lowest BCUT2D eigenvalue weighted by atomic mass is 10.0. The first-order chi connectivity index (χ1) is 13.8. The highest BCUT2D eigenvalue weighted by Gasteiger charge is 2.28. The van der Waals surface area contributed by atoms with Crippen molar-refractivity contribution in [2.45, 2.75) is 36.9 Å².